The molecule has 0 aromatic carbocycles. The van der Waals surface area contributed by atoms with Crippen LogP contribution < -0.4 is 16.4 Å². The van der Waals surface area contributed by atoms with E-state index in [-0.39, 0.29) is 5.69 Å². The molecule has 0 aliphatic carbocycles. The molecule has 18 heavy (non-hydrogen) atoms. The highest BCUT2D eigenvalue weighted by Gasteiger charge is 2.14. The summed E-state index contributed by atoms with van der Waals surface area (Å²) in [5, 5.41) is 5.63. The number of nitrogens with one attached hydrogen (secondary N) is 2. The first-order valence-electron chi connectivity index (χ1n) is 5.84. The number of nitrogens with zero attached hydrogens (tertiary/aromatic N) is 1. The molecule has 0 saturated heterocycles. The lowest BCUT2D eigenvalue weighted by molar-refractivity contribution is -0.119. The van der Waals surface area contributed by atoms with Crippen molar-refractivity contribution in [2.75, 3.05) is 11.9 Å². The van der Waals surface area contributed by atoms with Gasteiger partial charge in [-0.3, -0.25) is 14.6 Å². The van der Waals surface area contributed by atoms with Crippen LogP contribution in [0, 0.1) is 0 Å². The monoisotopic (exact) mass is 250 g/mol. The van der Waals surface area contributed by atoms with Gasteiger partial charge in [0.25, 0.3) is 5.91 Å². The van der Waals surface area contributed by atoms with E-state index in [4.69, 9.17) is 5.73 Å². The van der Waals surface area contributed by atoms with E-state index in [1.54, 1.807) is 18.3 Å². The van der Waals surface area contributed by atoms with Gasteiger partial charge in [0, 0.05) is 18.4 Å². The number of amides is 2. The molecule has 1 heterocycles. The Kier molecular flexibility index (Phi) is 5.10. The second kappa shape index (κ2) is 6.58. The average molecular weight is 250 g/mol. The molecule has 6 heteroatoms. The van der Waals surface area contributed by atoms with Gasteiger partial charge in [0.2, 0.25) is 5.91 Å². The van der Waals surface area contributed by atoms with Crippen LogP contribution in [0.25, 0.3) is 0 Å². The van der Waals surface area contributed by atoms with Crippen LogP contribution in [0.3, 0.4) is 0 Å². The smallest absolute Gasteiger partial charge is 0.270 e. The summed E-state index contributed by atoms with van der Waals surface area (Å²) >= 11 is 0. The molecule has 0 fully saturated rings. The van der Waals surface area contributed by atoms with Crippen LogP contribution in [0.4, 0.5) is 5.69 Å². The Morgan fingerprint density at radius 3 is 2.83 bits per heavy atom. The minimum absolute atomic E-state index is 0.254. The minimum atomic E-state index is -0.716. The maximum absolute atomic E-state index is 11.8. The summed E-state index contributed by atoms with van der Waals surface area (Å²) in [5.74, 6) is -0.995. The number of carbonyl (C=O) groups is 2. The molecule has 0 saturated carbocycles. The molecule has 1 aromatic heterocycles. The lowest BCUT2D eigenvalue weighted by Gasteiger charge is -2.10. The van der Waals surface area contributed by atoms with Gasteiger partial charge in [-0.05, 0) is 25.5 Å². The molecule has 1 atom stereocenters. The Hall–Kier alpha value is -2.11. The van der Waals surface area contributed by atoms with Crippen LogP contribution in [0.2, 0.25) is 0 Å². The number of pyridine rings is 1. The number of primary amides is 1. The minimum Gasteiger partial charge on any atom is -0.385 e. The van der Waals surface area contributed by atoms with Crippen molar-refractivity contribution in [1.82, 2.24) is 10.3 Å². The van der Waals surface area contributed by atoms with Crippen molar-refractivity contribution in [3.05, 3.63) is 24.0 Å². The molecule has 0 aliphatic rings. The van der Waals surface area contributed by atoms with Gasteiger partial charge in [-0.2, -0.15) is 0 Å². The van der Waals surface area contributed by atoms with Gasteiger partial charge in [-0.25, -0.2) is 0 Å². The van der Waals surface area contributed by atoms with Crippen molar-refractivity contribution in [3.63, 3.8) is 0 Å². The standard InChI is InChI=1S/C12H18N4O2/c1-3-5-14-9-4-6-15-10(7-9)12(18)16-8(2)11(13)17/h4,6-8H,3,5H2,1-2H3,(H2,13,17)(H,14,15)(H,16,18). The summed E-state index contributed by atoms with van der Waals surface area (Å²) in [6.45, 7) is 4.40. The molecule has 0 bridgehead atoms. The highest BCUT2D eigenvalue weighted by Crippen LogP contribution is 2.08. The normalized spacial score (nSPS) is 11.7. The predicted octanol–water partition coefficient (Wildman–Crippen LogP) is 0.507. The number of rotatable bonds is 6. The zero-order valence-corrected chi connectivity index (χ0v) is 10.6. The molecular weight excluding hydrogens is 232 g/mol. The summed E-state index contributed by atoms with van der Waals surface area (Å²) in [7, 11) is 0. The van der Waals surface area contributed by atoms with E-state index in [0.29, 0.717) is 0 Å². The van der Waals surface area contributed by atoms with Crippen LogP contribution in [0.1, 0.15) is 30.8 Å². The van der Waals surface area contributed by atoms with E-state index in [9.17, 15) is 9.59 Å². The third-order valence-corrected chi connectivity index (χ3v) is 2.35. The van der Waals surface area contributed by atoms with Crippen LogP contribution >= 0.6 is 0 Å². The quantitative estimate of drug-likeness (QED) is 0.685. The van der Waals surface area contributed by atoms with E-state index in [1.807, 2.05) is 0 Å². The van der Waals surface area contributed by atoms with Gasteiger partial charge in [-0.15, -0.1) is 0 Å². The zero-order chi connectivity index (χ0) is 13.5. The fourth-order valence-corrected chi connectivity index (χ4v) is 1.28. The van der Waals surface area contributed by atoms with E-state index in [1.165, 1.54) is 6.92 Å². The summed E-state index contributed by atoms with van der Waals surface area (Å²) < 4.78 is 0. The van der Waals surface area contributed by atoms with Crippen molar-refractivity contribution in [3.8, 4) is 0 Å². The van der Waals surface area contributed by atoms with Crippen molar-refractivity contribution < 1.29 is 9.59 Å². The Bertz CT molecular complexity index is 434. The third-order valence-electron chi connectivity index (χ3n) is 2.35. The number of aromatic nitrogens is 1. The summed E-state index contributed by atoms with van der Waals surface area (Å²) in [4.78, 5) is 26.6. The van der Waals surface area contributed by atoms with Crippen molar-refractivity contribution in [2.24, 2.45) is 5.73 Å². The number of hydrogen-bond acceptors (Lipinski definition) is 4. The fraction of sp³-hybridized carbons (Fsp3) is 0.417. The maximum Gasteiger partial charge on any atom is 0.270 e. The summed E-state index contributed by atoms with van der Waals surface area (Å²) in [5.41, 5.74) is 6.15. The first-order valence-corrected chi connectivity index (χ1v) is 5.84. The molecule has 0 aliphatic heterocycles. The van der Waals surface area contributed by atoms with E-state index in [0.717, 1.165) is 18.7 Å². The molecule has 4 N–H and O–H groups in total. The molecular formula is C12H18N4O2. The molecule has 6 nitrogen and oxygen atoms in total. The number of anilines is 1. The topological polar surface area (TPSA) is 97.1 Å². The fourth-order valence-electron chi connectivity index (χ4n) is 1.28. The highest BCUT2D eigenvalue weighted by molar-refractivity contribution is 5.96. The molecule has 1 aromatic rings. The number of nitrogens with two attached hydrogens (primary N) is 1. The highest BCUT2D eigenvalue weighted by atomic mass is 16.2. The Morgan fingerprint density at radius 2 is 2.22 bits per heavy atom. The van der Waals surface area contributed by atoms with Crippen LogP contribution in [0.5, 0.6) is 0 Å². The lowest BCUT2D eigenvalue weighted by Crippen LogP contribution is -2.42. The third kappa shape index (κ3) is 4.04. The van der Waals surface area contributed by atoms with Crippen molar-refractivity contribution in [2.45, 2.75) is 26.3 Å². The van der Waals surface area contributed by atoms with Crippen molar-refractivity contribution >= 4 is 17.5 Å². The summed E-state index contributed by atoms with van der Waals surface area (Å²) in [6, 6.07) is 2.70. The van der Waals surface area contributed by atoms with Crippen LogP contribution in [-0.2, 0) is 4.79 Å². The number of hydrogen-bond donors (Lipinski definition) is 3. The first kappa shape index (κ1) is 14.0. The molecule has 2 amide bonds. The van der Waals surface area contributed by atoms with Gasteiger partial charge in [0.1, 0.15) is 11.7 Å². The van der Waals surface area contributed by atoms with Gasteiger partial charge < -0.3 is 16.4 Å². The van der Waals surface area contributed by atoms with E-state index < -0.39 is 17.9 Å². The first-order chi connectivity index (χ1) is 8.54. The Balaban J connectivity index is 2.70. The Morgan fingerprint density at radius 1 is 1.50 bits per heavy atom. The zero-order valence-electron chi connectivity index (χ0n) is 10.6. The van der Waals surface area contributed by atoms with Gasteiger partial charge in [0.05, 0.1) is 0 Å². The van der Waals surface area contributed by atoms with E-state index >= 15 is 0 Å². The molecule has 0 radical (unpaired) electrons. The maximum atomic E-state index is 11.8. The molecule has 1 unspecified atom stereocenters. The van der Waals surface area contributed by atoms with Crippen molar-refractivity contribution in [1.29, 1.82) is 0 Å². The van der Waals surface area contributed by atoms with E-state index in [2.05, 4.69) is 22.5 Å². The van der Waals surface area contributed by atoms with Crippen LogP contribution in [0.15, 0.2) is 18.3 Å². The summed E-state index contributed by atoms with van der Waals surface area (Å²) in [6.07, 6.45) is 2.53. The second-order valence-corrected chi connectivity index (χ2v) is 3.95. The molecule has 1 rings (SSSR count). The average Bonchev–Trinajstić information content (AvgIpc) is 2.36. The van der Waals surface area contributed by atoms with Gasteiger partial charge >= 0.3 is 0 Å². The van der Waals surface area contributed by atoms with Gasteiger partial charge in [-0.1, -0.05) is 6.92 Å². The second-order valence-electron chi connectivity index (χ2n) is 3.95. The molecule has 0 spiro atoms. The van der Waals surface area contributed by atoms with Gasteiger partial charge in [0.15, 0.2) is 0 Å². The number of carbonyl (C=O) groups excluding carboxylic acids is 2. The Labute approximate surface area is 106 Å². The molecule has 98 valence electrons. The lowest BCUT2D eigenvalue weighted by atomic mass is 10.2. The van der Waals surface area contributed by atoms with Crippen LogP contribution in [-0.4, -0.2) is 29.4 Å². The SMILES string of the molecule is CCCNc1ccnc(C(=O)NC(C)C(N)=O)c1. The predicted molar refractivity (Wildman–Crippen MR) is 69.1 cm³/mol. The largest absolute Gasteiger partial charge is 0.385 e.